The molecule has 2 atom stereocenters. The molecule has 1 N–H and O–H groups in total. The second-order valence-corrected chi connectivity index (χ2v) is 7.44. The summed E-state index contributed by atoms with van der Waals surface area (Å²) in [6, 6.07) is 9.40. The van der Waals surface area contributed by atoms with Gasteiger partial charge >= 0.3 is 6.03 Å². The van der Waals surface area contributed by atoms with Crippen molar-refractivity contribution in [2.75, 3.05) is 25.2 Å². The average molecular weight is 381 g/mol. The van der Waals surface area contributed by atoms with E-state index in [0.717, 1.165) is 18.0 Å². The van der Waals surface area contributed by atoms with E-state index in [-0.39, 0.29) is 5.91 Å². The minimum atomic E-state index is -0.462. The van der Waals surface area contributed by atoms with E-state index in [9.17, 15) is 9.59 Å². The Morgan fingerprint density at radius 2 is 2.04 bits per heavy atom. The Hall–Kier alpha value is -1.73. The summed E-state index contributed by atoms with van der Waals surface area (Å²) >= 11 is 7.34. The molecule has 6 nitrogen and oxygen atoms in total. The third kappa shape index (κ3) is 3.93. The lowest BCUT2D eigenvalue weighted by Gasteiger charge is -2.36. The van der Waals surface area contributed by atoms with Crippen molar-refractivity contribution in [2.45, 2.75) is 25.0 Å². The molecule has 0 aliphatic carbocycles. The number of hydrogen-bond acceptors (Lipinski definition) is 5. The third-order valence-electron chi connectivity index (χ3n) is 4.34. The molecule has 2 heterocycles. The lowest BCUT2D eigenvalue weighted by Crippen LogP contribution is -2.63. The summed E-state index contributed by atoms with van der Waals surface area (Å²) < 4.78 is 0. The van der Waals surface area contributed by atoms with Crippen molar-refractivity contribution in [3.05, 3.63) is 35.9 Å². The maximum atomic E-state index is 12.4. The zero-order chi connectivity index (χ0) is 17.8. The number of hydrogen-bond donors (Lipinski definition) is 1. The molecule has 0 bridgehead atoms. The number of aryl methyl sites for hydroxylation is 1. The van der Waals surface area contributed by atoms with Crippen LogP contribution in [0.4, 0.5) is 4.79 Å². The molecule has 0 aromatic heterocycles. The van der Waals surface area contributed by atoms with E-state index in [1.807, 2.05) is 23.1 Å². The van der Waals surface area contributed by atoms with Crippen molar-refractivity contribution in [1.82, 2.24) is 15.1 Å². The number of urea groups is 1. The summed E-state index contributed by atoms with van der Waals surface area (Å²) in [6.07, 6.45) is 1.37. The third-order valence-corrected chi connectivity index (χ3v) is 5.76. The Morgan fingerprint density at radius 3 is 2.76 bits per heavy atom. The molecule has 25 heavy (non-hydrogen) atoms. The molecule has 1 aromatic carbocycles. The molecule has 3 rings (SSSR count). The van der Waals surface area contributed by atoms with Crippen LogP contribution in [0, 0.1) is 0 Å². The van der Waals surface area contributed by atoms with E-state index < -0.39 is 18.2 Å². The number of imide groups is 1. The number of thioether (sulfide) groups is 1. The first-order valence-electron chi connectivity index (χ1n) is 8.26. The molecule has 8 heteroatoms. The quantitative estimate of drug-likeness (QED) is 0.768. The maximum Gasteiger partial charge on any atom is 0.325 e. The molecule has 2 aliphatic heterocycles. The van der Waals surface area contributed by atoms with Gasteiger partial charge in [-0.15, -0.1) is 11.6 Å². The Morgan fingerprint density at radius 1 is 1.28 bits per heavy atom. The van der Waals surface area contributed by atoms with Gasteiger partial charge in [-0.2, -0.15) is 0 Å². The topological polar surface area (TPSA) is 65.0 Å². The largest absolute Gasteiger partial charge is 0.336 e. The zero-order valence-corrected chi connectivity index (χ0v) is 15.6. The van der Waals surface area contributed by atoms with Gasteiger partial charge in [0.2, 0.25) is 0 Å². The highest BCUT2D eigenvalue weighted by Gasteiger charge is 2.48. The van der Waals surface area contributed by atoms with E-state index in [1.165, 1.54) is 22.2 Å². The molecule has 2 aliphatic rings. The minimum absolute atomic E-state index is 0.280. The van der Waals surface area contributed by atoms with Crippen LogP contribution in [-0.2, 0) is 11.2 Å². The standard InChI is InChI=1S/C17H21ClN4O2S/c1-21-14-13(15(23)20-16(21)24)22(17(19-14)25-11-9-18)10-5-8-12-6-3-2-4-7-12/h2-4,6-7,13-14H,5,8-11H2,1H3,(H,20,23,24). The number of rotatable bonds is 6. The highest BCUT2D eigenvalue weighted by Crippen LogP contribution is 2.28. The molecule has 0 saturated carbocycles. The van der Waals surface area contributed by atoms with Gasteiger partial charge in [-0.3, -0.25) is 10.1 Å². The second-order valence-electron chi connectivity index (χ2n) is 6.00. The summed E-state index contributed by atoms with van der Waals surface area (Å²) in [4.78, 5) is 32.4. The molecule has 1 aromatic rings. The number of carbonyl (C=O) groups excluding carboxylic acids is 2. The van der Waals surface area contributed by atoms with Crippen LogP contribution in [-0.4, -0.2) is 64.3 Å². The second kappa shape index (κ2) is 8.10. The normalized spacial score (nSPS) is 22.7. The first kappa shape index (κ1) is 18.1. The van der Waals surface area contributed by atoms with Gasteiger partial charge in [-0.25, -0.2) is 9.79 Å². The molecule has 0 spiro atoms. The molecule has 0 radical (unpaired) electrons. The highest BCUT2D eigenvalue weighted by atomic mass is 35.5. The van der Waals surface area contributed by atoms with Crippen LogP contribution in [0.5, 0.6) is 0 Å². The number of carbonyl (C=O) groups is 2. The van der Waals surface area contributed by atoms with Crippen molar-refractivity contribution in [2.24, 2.45) is 4.99 Å². The van der Waals surface area contributed by atoms with Crippen LogP contribution in [0.3, 0.4) is 0 Å². The van der Waals surface area contributed by atoms with E-state index in [0.29, 0.717) is 18.2 Å². The summed E-state index contributed by atoms with van der Waals surface area (Å²) in [6.45, 7) is 0.708. The molecule has 134 valence electrons. The van der Waals surface area contributed by atoms with Gasteiger partial charge in [0.1, 0.15) is 0 Å². The molecular weight excluding hydrogens is 360 g/mol. The van der Waals surface area contributed by atoms with Crippen LogP contribution in [0.25, 0.3) is 0 Å². The fraction of sp³-hybridized carbons (Fsp3) is 0.471. The predicted molar refractivity (Wildman–Crippen MR) is 101 cm³/mol. The number of alkyl halides is 1. The fourth-order valence-electron chi connectivity index (χ4n) is 3.08. The van der Waals surface area contributed by atoms with Gasteiger partial charge in [0.05, 0.1) is 0 Å². The summed E-state index contributed by atoms with van der Waals surface area (Å²) in [7, 11) is 1.67. The van der Waals surface area contributed by atoms with Crippen LogP contribution < -0.4 is 5.32 Å². The number of nitrogens with one attached hydrogen (secondary N) is 1. The van der Waals surface area contributed by atoms with Gasteiger partial charge in [-0.05, 0) is 18.4 Å². The number of nitrogens with zero attached hydrogens (tertiary/aromatic N) is 3. The average Bonchev–Trinajstić information content (AvgIpc) is 2.98. The number of fused-ring (bicyclic) bond motifs is 1. The van der Waals surface area contributed by atoms with Gasteiger partial charge < -0.3 is 9.80 Å². The van der Waals surface area contributed by atoms with E-state index in [2.05, 4.69) is 22.4 Å². The number of likely N-dealkylation sites (N-methyl/N-ethyl adjacent to an activating group) is 1. The molecule has 3 amide bonds. The summed E-state index contributed by atoms with van der Waals surface area (Å²) in [5.41, 5.74) is 1.27. The van der Waals surface area contributed by atoms with Crippen molar-refractivity contribution in [3.63, 3.8) is 0 Å². The highest BCUT2D eigenvalue weighted by molar-refractivity contribution is 8.13. The van der Waals surface area contributed by atoms with Crippen LogP contribution in [0.15, 0.2) is 35.3 Å². The van der Waals surface area contributed by atoms with Gasteiger partial charge in [0.25, 0.3) is 5.91 Å². The maximum absolute atomic E-state index is 12.4. The van der Waals surface area contributed by atoms with Crippen molar-refractivity contribution in [1.29, 1.82) is 0 Å². The number of aliphatic imine (C=N–C) groups is 1. The van der Waals surface area contributed by atoms with E-state index >= 15 is 0 Å². The number of benzene rings is 1. The number of amidine groups is 1. The summed E-state index contributed by atoms with van der Waals surface area (Å²) in [5.74, 6) is 0.949. The van der Waals surface area contributed by atoms with Crippen LogP contribution in [0.2, 0.25) is 0 Å². The Balaban J connectivity index is 1.71. The molecule has 1 fully saturated rings. The van der Waals surface area contributed by atoms with E-state index in [1.54, 1.807) is 7.05 Å². The lowest BCUT2D eigenvalue weighted by atomic mass is 10.1. The Bertz CT molecular complexity index is 670. The first-order valence-corrected chi connectivity index (χ1v) is 9.78. The van der Waals surface area contributed by atoms with Crippen molar-refractivity contribution >= 4 is 40.5 Å². The number of amides is 3. The molecule has 2 unspecified atom stereocenters. The van der Waals surface area contributed by atoms with Gasteiger partial charge in [0, 0.05) is 25.2 Å². The molecule has 1 saturated heterocycles. The minimum Gasteiger partial charge on any atom is -0.336 e. The Labute approximate surface area is 156 Å². The van der Waals surface area contributed by atoms with Crippen LogP contribution >= 0.6 is 23.4 Å². The lowest BCUT2D eigenvalue weighted by molar-refractivity contribution is -0.127. The fourth-order valence-corrected chi connectivity index (χ4v) is 4.13. The van der Waals surface area contributed by atoms with Crippen molar-refractivity contribution < 1.29 is 9.59 Å². The van der Waals surface area contributed by atoms with Crippen LogP contribution in [0.1, 0.15) is 12.0 Å². The van der Waals surface area contributed by atoms with Crippen molar-refractivity contribution in [3.8, 4) is 0 Å². The molecular formula is C17H21ClN4O2S. The van der Waals surface area contributed by atoms with Gasteiger partial charge in [0.15, 0.2) is 17.4 Å². The monoisotopic (exact) mass is 380 g/mol. The first-order chi connectivity index (χ1) is 12.1. The predicted octanol–water partition coefficient (Wildman–Crippen LogP) is 2.14. The number of halogens is 1. The smallest absolute Gasteiger partial charge is 0.325 e. The zero-order valence-electron chi connectivity index (χ0n) is 14.0. The summed E-state index contributed by atoms with van der Waals surface area (Å²) in [5, 5.41) is 3.20. The SMILES string of the molecule is CN1C(=O)NC(=O)C2C1N=C(SCCCl)N2CCCc1ccccc1. The van der Waals surface area contributed by atoms with Gasteiger partial charge in [-0.1, -0.05) is 42.1 Å². The van der Waals surface area contributed by atoms with E-state index in [4.69, 9.17) is 11.6 Å². The Kier molecular flexibility index (Phi) is 5.86.